The van der Waals surface area contributed by atoms with Gasteiger partial charge in [-0.2, -0.15) is 0 Å². The Bertz CT molecular complexity index is 337. The number of hydrogen-bond donors (Lipinski definition) is 0. The highest BCUT2D eigenvalue weighted by atomic mass is 16.1. The van der Waals surface area contributed by atoms with E-state index in [0.717, 1.165) is 18.4 Å². The quantitative estimate of drug-likeness (QED) is 0.649. The Kier molecular flexibility index (Phi) is 2.76. The molecule has 90 valence electrons. The summed E-state index contributed by atoms with van der Waals surface area (Å²) in [7, 11) is 0. The predicted octanol–water partition coefficient (Wildman–Crippen LogP) is 4.13. The van der Waals surface area contributed by atoms with Gasteiger partial charge in [-0.05, 0) is 36.2 Å². The Labute approximate surface area is 99.3 Å². The molecule has 0 aromatic carbocycles. The van der Waals surface area contributed by atoms with Crippen LogP contribution in [0.3, 0.4) is 0 Å². The number of allylic oxidation sites excluding steroid dienone is 2. The lowest BCUT2D eigenvalue weighted by atomic mass is 9.62. The fourth-order valence-electron chi connectivity index (χ4n) is 3.44. The van der Waals surface area contributed by atoms with Crippen molar-refractivity contribution < 1.29 is 4.79 Å². The van der Waals surface area contributed by atoms with E-state index in [4.69, 9.17) is 0 Å². The first-order valence-corrected chi connectivity index (χ1v) is 6.62. The molecule has 0 saturated heterocycles. The molecule has 2 rings (SSSR count). The van der Waals surface area contributed by atoms with Gasteiger partial charge < -0.3 is 0 Å². The first-order chi connectivity index (χ1) is 7.37. The maximum absolute atomic E-state index is 12.2. The molecular formula is C15H24O. The summed E-state index contributed by atoms with van der Waals surface area (Å²) >= 11 is 0. The molecule has 16 heavy (non-hydrogen) atoms. The summed E-state index contributed by atoms with van der Waals surface area (Å²) in [6.07, 6.45) is 7.77. The van der Waals surface area contributed by atoms with E-state index < -0.39 is 0 Å². The Morgan fingerprint density at radius 2 is 1.94 bits per heavy atom. The summed E-state index contributed by atoms with van der Waals surface area (Å²) in [6.45, 7) is 9.19. The lowest BCUT2D eigenvalue weighted by Crippen LogP contribution is -2.36. The van der Waals surface area contributed by atoms with Crippen molar-refractivity contribution in [2.24, 2.45) is 16.7 Å². The molecule has 0 heterocycles. The first kappa shape index (κ1) is 11.9. The van der Waals surface area contributed by atoms with Crippen molar-refractivity contribution in [2.45, 2.75) is 59.8 Å². The molecule has 1 saturated carbocycles. The van der Waals surface area contributed by atoms with Gasteiger partial charge in [0.1, 0.15) is 0 Å². The maximum atomic E-state index is 12.2. The summed E-state index contributed by atoms with van der Waals surface area (Å²) in [6, 6.07) is 0. The predicted molar refractivity (Wildman–Crippen MR) is 67.2 cm³/mol. The van der Waals surface area contributed by atoms with Crippen LogP contribution in [0.4, 0.5) is 0 Å². The third kappa shape index (κ3) is 1.65. The zero-order valence-corrected chi connectivity index (χ0v) is 11.1. The van der Waals surface area contributed by atoms with Crippen LogP contribution in [0.5, 0.6) is 0 Å². The second-order valence-corrected chi connectivity index (χ2v) is 6.59. The zero-order valence-electron chi connectivity index (χ0n) is 11.1. The molecule has 0 aromatic heterocycles. The summed E-state index contributed by atoms with van der Waals surface area (Å²) in [5, 5.41) is 0. The summed E-state index contributed by atoms with van der Waals surface area (Å²) in [5.41, 5.74) is 1.55. The molecule has 2 aliphatic rings. The van der Waals surface area contributed by atoms with Crippen molar-refractivity contribution in [1.82, 2.24) is 0 Å². The monoisotopic (exact) mass is 220 g/mol. The standard InChI is InChI=1S/C15H24O/c1-11-6-7-13(16)12(10-11)15(4)9-5-8-14(15,2)3/h10-11H,5-9H2,1-4H3/t11?,15-/m1/s1. The molecule has 2 aliphatic carbocycles. The van der Waals surface area contributed by atoms with Crippen LogP contribution < -0.4 is 0 Å². The Balaban J connectivity index is 2.39. The van der Waals surface area contributed by atoms with E-state index in [0.29, 0.717) is 11.7 Å². The van der Waals surface area contributed by atoms with E-state index in [1.165, 1.54) is 19.3 Å². The van der Waals surface area contributed by atoms with Crippen molar-refractivity contribution in [3.63, 3.8) is 0 Å². The van der Waals surface area contributed by atoms with Crippen molar-refractivity contribution in [3.8, 4) is 0 Å². The van der Waals surface area contributed by atoms with Gasteiger partial charge in [-0.25, -0.2) is 0 Å². The fourth-order valence-corrected chi connectivity index (χ4v) is 3.44. The number of ketones is 1. The molecule has 0 radical (unpaired) electrons. The normalized spacial score (nSPS) is 38.6. The molecule has 2 atom stereocenters. The molecule has 1 fully saturated rings. The minimum Gasteiger partial charge on any atom is -0.295 e. The third-order valence-corrected chi connectivity index (χ3v) is 5.15. The highest BCUT2D eigenvalue weighted by Crippen LogP contribution is 2.57. The second kappa shape index (κ2) is 3.72. The molecular weight excluding hydrogens is 196 g/mol. The number of carbonyl (C=O) groups is 1. The number of rotatable bonds is 1. The van der Waals surface area contributed by atoms with Gasteiger partial charge >= 0.3 is 0 Å². The average molecular weight is 220 g/mol. The zero-order chi connectivity index (χ0) is 12.0. The van der Waals surface area contributed by atoms with Crippen molar-refractivity contribution in [1.29, 1.82) is 0 Å². The van der Waals surface area contributed by atoms with Gasteiger partial charge in [-0.1, -0.05) is 40.2 Å². The molecule has 0 amide bonds. The summed E-state index contributed by atoms with van der Waals surface area (Å²) < 4.78 is 0. The Hall–Kier alpha value is -0.590. The topological polar surface area (TPSA) is 17.1 Å². The van der Waals surface area contributed by atoms with E-state index in [1.807, 2.05) is 0 Å². The van der Waals surface area contributed by atoms with Crippen LogP contribution in [0.25, 0.3) is 0 Å². The van der Waals surface area contributed by atoms with Gasteiger partial charge in [0.2, 0.25) is 0 Å². The molecule has 0 aromatic rings. The minimum atomic E-state index is 0.124. The van der Waals surface area contributed by atoms with Crippen LogP contribution in [0.1, 0.15) is 59.8 Å². The smallest absolute Gasteiger partial charge is 0.159 e. The van der Waals surface area contributed by atoms with Gasteiger partial charge in [0.05, 0.1) is 0 Å². The van der Waals surface area contributed by atoms with Crippen LogP contribution in [0, 0.1) is 16.7 Å². The Morgan fingerprint density at radius 3 is 2.50 bits per heavy atom. The molecule has 0 N–H and O–H groups in total. The van der Waals surface area contributed by atoms with E-state index in [1.54, 1.807) is 0 Å². The third-order valence-electron chi connectivity index (χ3n) is 5.15. The SMILES string of the molecule is CC1C=C([C@@]2(C)CCCC2(C)C)C(=O)CC1. The number of carbonyl (C=O) groups excluding carboxylic acids is 1. The van der Waals surface area contributed by atoms with Crippen molar-refractivity contribution in [3.05, 3.63) is 11.6 Å². The van der Waals surface area contributed by atoms with Gasteiger partial charge in [-0.3, -0.25) is 4.79 Å². The summed E-state index contributed by atoms with van der Waals surface area (Å²) in [5.74, 6) is 0.997. The van der Waals surface area contributed by atoms with Gasteiger partial charge in [0, 0.05) is 11.8 Å². The average Bonchev–Trinajstić information content (AvgIpc) is 2.46. The second-order valence-electron chi connectivity index (χ2n) is 6.59. The molecule has 0 spiro atoms. The molecule has 0 aliphatic heterocycles. The summed E-state index contributed by atoms with van der Waals surface area (Å²) in [4.78, 5) is 12.2. The van der Waals surface area contributed by atoms with Gasteiger partial charge in [0.25, 0.3) is 0 Å². The van der Waals surface area contributed by atoms with Crippen molar-refractivity contribution in [2.75, 3.05) is 0 Å². The molecule has 1 unspecified atom stereocenters. The van der Waals surface area contributed by atoms with Gasteiger partial charge in [0.15, 0.2) is 5.78 Å². The van der Waals surface area contributed by atoms with Crippen LogP contribution in [0.2, 0.25) is 0 Å². The highest BCUT2D eigenvalue weighted by molar-refractivity contribution is 5.97. The highest BCUT2D eigenvalue weighted by Gasteiger charge is 2.49. The first-order valence-electron chi connectivity index (χ1n) is 6.62. The van der Waals surface area contributed by atoms with Gasteiger partial charge in [-0.15, -0.1) is 0 Å². The fraction of sp³-hybridized carbons (Fsp3) is 0.800. The largest absolute Gasteiger partial charge is 0.295 e. The van der Waals surface area contributed by atoms with E-state index in [-0.39, 0.29) is 10.8 Å². The minimum absolute atomic E-state index is 0.124. The van der Waals surface area contributed by atoms with E-state index >= 15 is 0 Å². The van der Waals surface area contributed by atoms with Crippen molar-refractivity contribution >= 4 is 5.78 Å². The van der Waals surface area contributed by atoms with Crippen LogP contribution in [-0.4, -0.2) is 5.78 Å². The molecule has 0 bridgehead atoms. The number of hydrogen-bond acceptors (Lipinski definition) is 1. The van der Waals surface area contributed by atoms with E-state index in [9.17, 15) is 4.79 Å². The lowest BCUT2D eigenvalue weighted by Gasteiger charge is -2.41. The van der Waals surface area contributed by atoms with Crippen LogP contribution >= 0.6 is 0 Å². The number of Topliss-reactive ketones (excluding diaryl/α,β-unsaturated/α-hetero) is 1. The molecule has 1 heteroatoms. The maximum Gasteiger partial charge on any atom is 0.159 e. The molecule has 1 nitrogen and oxygen atoms in total. The lowest BCUT2D eigenvalue weighted by molar-refractivity contribution is -0.118. The Morgan fingerprint density at radius 1 is 1.25 bits per heavy atom. The van der Waals surface area contributed by atoms with Crippen LogP contribution in [0.15, 0.2) is 11.6 Å². The van der Waals surface area contributed by atoms with Crippen LogP contribution in [-0.2, 0) is 4.79 Å². The van der Waals surface area contributed by atoms with E-state index in [2.05, 4.69) is 33.8 Å².